The average Bonchev–Trinajstić information content (AvgIpc) is 2.90. The Balaban J connectivity index is 1.25. The Hall–Kier alpha value is -4.21. The van der Waals surface area contributed by atoms with Gasteiger partial charge in [0.15, 0.2) is 5.82 Å². The summed E-state index contributed by atoms with van der Waals surface area (Å²) >= 11 is 12.1. The van der Waals surface area contributed by atoms with Gasteiger partial charge in [-0.15, -0.1) is 10.2 Å². The van der Waals surface area contributed by atoms with E-state index in [9.17, 15) is 19.1 Å². The fourth-order valence-electron chi connectivity index (χ4n) is 3.95. The predicted molar refractivity (Wildman–Crippen MR) is 139 cm³/mol. The van der Waals surface area contributed by atoms with Crippen LogP contribution in [0.5, 0.6) is 17.2 Å². The molecular weight excluding hydrogens is 536 g/mol. The Labute approximate surface area is 225 Å². The molecule has 5 rings (SSSR count). The van der Waals surface area contributed by atoms with Crippen LogP contribution in [0.15, 0.2) is 66.7 Å². The van der Waals surface area contributed by atoms with Gasteiger partial charge in [0.1, 0.15) is 23.1 Å². The number of amides is 1. The van der Waals surface area contributed by atoms with Crippen LogP contribution in [0.2, 0.25) is 10.0 Å². The summed E-state index contributed by atoms with van der Waals surface area (Å²) in [6.07, 6.45) is 0.360. The van der Waals surface area contributed by atoms with E-state index < -0.39 is 23.6 Å². The summed E-state index contributed by atoms with van der Waals surface area (Å²) in [4.78, 5) is 24.2. The lowest BCUT2D eigenvalue weighted by atomic mass is 9.93. The second kappa shape index (κ2) is 10.6. The number of aliphatic carboxylic acids is 1. The van der Waals surface area contributed by atoms with Crippen molar-refractivity contribution < 1.29 is 28.6 Å². The van der Waals surface area contributed by atoms with E-state index in [2.05, 4.69) is 15.5 Å². The molecular formula is C27H18Cl2FN3O5. The topological polar surface area (TPSA) is 111 Å². The molecule has 1 atom stereocenters. The zero-order valence-electron chi connectivity index (χ0n) is 19.5. The first kappa shape index (κ1) is 25.4. The van der Waals surface area contributed by atoms with Crippen LogP contribution in [0.4, 0.5) is 10.2 Å². The summed E-state index contributed by atoms with van der Waals surface area (Å²) < 4.78 is 25.6. The smallest absolute Gasteiger partial charge is 0.311 e. The van der Waals surface area contributed by atoms with Crippen molar-refractivity contribution in [3.05, 3.63) is 93.7 Å². The third kappa shape index (κ3) is 5.39. The molecule has 1 aromatic heterocycles. The standard InChI is InChI=1S/C27H18Cl2FN3O5/c28-15-3-6-18(21(30)11-15)22-7-8-25(33-32-22)31-26(34)14-1-4-16(5-2-14)38-24-13-23-19(12-20(24)29)17(27(35)36)9-10-37-23/h1-8,11-13,17H,9-10H2,(H,35,36)(H,31,33,34). The monoisotopic (exact) mass is 553 g/mol. The Bertz CT molecular complexity index is 1530. The van der Waals surface area contributed by atoms with Gasteiger partial charge in [0.2, 0.25) is 0 Å². The SMILES string of the molecule is O=C(Nc1ccc(-c2ccc(Cl)cc2F)nn1)c1ccc(Oc2cc3c(cc2Cl)C(C(=O)O)CCO3)cc1. The third-order valence-electron chi connectivity index (χ3n) is 5.86. The zero-order valence-corrected chi connectivity index (χ0v) is 21.0. The number of aromatic nitrogens is 2. The molecule has 0 aliphatic carbocycles. The molecule has 1 unspecified atom stereocenters. The fourth-order valence-corrected chi connectivity index (χ4v) is 4.32. The largest absolute Gasteiger partial charge is 0.493 e. The van der Waals surface area contributed by atoms with Crippen molar-refractivity contribution in [2.45, 2.75) is 12.3 Å². The molecule has 3 aromatic carbocycles. The van der Waals surface area contributed by atoms with Crippen molar-refractivity contribution in [1.82, 2.24) is 10.2 Å². The molecule has 38 heavy (non-hydrogen) atoms. The number of ether oxygens (including phenoxy) is 2. The maximum Gasteiger partial charge on any atom is 0.311 e. The number of benzene rings is 3. The minimum absolute atomic E-state index is 0.189. The van der Waals surface area contributed by atoms with Gasteiger partial charge in [-0.05, 0) is 67.1 Å². The van der Waals surface area contributed by atoms with Crippen LogP contribution in [-0.2, 0) is 4.79 Å². The van der Waals surface area contributed by atoms with E-state index in [-0.39, 0.29) is 28.0 Å². The number of halogens is 3. The quantitative estimate of drug-likeness (QED) is 0.277. The highest BCUT2D eigenvalue weighted by Gasteiger charge is 2.29. The lowest BCUT2D eigenvalue weighted by molar-refractivity contribution is -0.139. The molecule has 11 heteroatoms. The first-order valence-corrected chi connectivity index (χ1v) is 12.1. The van der Waals surface area contributed by atoms with Crippen LogP contribution < -0.4 is 14.8 Å². The van der Waals surface area contributed by atoms with Crippen LogP contribution >= 0.6 is 23.2 Å². The van der Waals surface area contributed by atoms with Crippen LogP contribution in [0.1, 0.15) is 28.3 Å². The van der Waals surface area contributed by atoms with Gasteiger partial charge in [-0.3, -0.25) is 9.59 Å². The van der Waals surface area contributed by atoms with Crippen LogP contribution in [0.3, 0.4) is 0 Å². The van der Waals surface area contributed by atoms with Gasteiger partial charge in [0, 0.05) is 27.8 Å². The van der Waals surface area contributed by atoms with Crippen molar-refractivity contribution in [2.24, 2.45) is 0 Å². The lowest BCUT2D eigenvalue weighted by Crippen LogP contribution is -2.20. The van der Waals surface area contributed by atoms with Gasteiger partial charge in [0.05, 0.1) is 23.2 Å². The minimum atomic E-state index is -0.939. The molecule has 1 aliphatic heterocycles. The molecule has 192 valence electrons. The number of carbonyl (C=O) groups is 2. The molecule has 4 aromatic rings. The Morgan fingerprint density at radius 3 is 2.50 bits per heavy atom. The van der Waals surface area contributed by atoms with Crippen molar-refractivity contribution >= 4 is 40.9 Å². The summed E-state index contributed by atoms with van der Waals surface area (Å²) in [7, 11) is 0. The molecule has 1 amide bonds. The maximum absolute atomic E-state index is 14.1. The Kier molecular flexibility index (Phi) is 7.13. The number of carboxylic acid groups (broad SMARTS) is 1. The highest BCUT2D eigenvalue weighted by molar-refractivity contribution is 6.32. The van der Waals surface area contributed by atoms with Crippen molar-refractivity contribution in [3.8, 4) is 28.5 Å². The van der Waals surface area contributed by atoms with Gasteiger partial charge in [-0.25, -0.2) is 4.39 Å². The maximum atomic E-state index is 14.1. The number of nitrogens with zero attached hydrogens (tertiary/aromatic N) is 2. The van der Waals surface area contributed by atoms with Crippen molar-refractivity contribution in [3.63, 3.8) is 0 Å². The van der Waals surface area contributed by atoms with E-state index in [1.54, 1.807) is 42.5 Å². The average molecular weight is 554 g/mol. The van der Waals surface area contributed by atoms with Crippen LogP contribution in [-0.4, -0.2) is 33.8 Å². The predicted octanol–water partition coefficient (Wildman–Crippen LogP) is 6.58. The highest BCUT2D eigenvalue weighted by Crippen LogP contribution is 2.41. The minimum Gasteiger partial charge on any atom is -0.493 e. The van der Waals surface area contributed by atoms with Crippen molar-refractivity contribution in [1.29, 1.82) is 0 Å². The highest BCUT2D eigenvalue weighted by atomic mass is 35.5. The molecule has 2 heterocycles. The first-order valence-electron chi connectivity index (χ1n) is 11.4. The number of carbonyl (C=O) groups excluding carboxylic acids is 1. The fraction of sp³-hybridized carbons (Fsp3) is 0.111. The molecule has 1 aliphatic rings. The summed E-state index contributed by atoms with van der Waals surface area (Å²) in [6, 6.07) is 16.7. The number of anilines is 1. The van der Waals surface area contributed by atoms with E-state index >= 15 is 0 Å². The number of hydrogen-bond acceptors (Lipinski definition) is 6. The lowest BCUT2D eigenvalue weighted by Gasteiger charge is -2.24. The second-order valence-electron chi connectivity index (χ2n) is 8.36. The second-order valence-corrected chi connectivity index (χ2v) is 9.20. The Morgan fingerprint density at radius 2 is 1.82 bits per heavy atom. The van der Waals surface area contributed by atoms with Gasteiger partial charge in [-0.2, -0.15) is 0 Å². The number of hydrogen-bond donors (Lipinski definition) is 2. The van der Waals surface area contributed by atoms with E-state index in [0.29, 0.717) is 40.5 Å². The van der Waals surface area contributed by atoms with Gasteiger partial charge in [-0.1, -0.05) is 23.2 Å². The zero-order chi connectivity index (χ0) is 26.8. The summed E-state index contributed by atoms with van der Waals surface area (Å²) in [6.45, 7) is 0.278. The molecule has 8 nitrogen and oxygen atoms in total. The normalized spacial score (nSPS) is 14.2. The molecule has 2 N–H and O–H groups in total. The summed E-state index contributed by atoms with van der Waals surface area (Å²) in [5, 5.41) is 20.5. The number of carboxylic acids is 1. The number of rotatable bonds is 6. The molecule has 0 saturated heterocycles. The van der Waals surface area contributed by atoms with E-state index in [1.807, 2.05) is 0 Å². The van der Waals surface area contributed by atoms with Gasteiger partial charge in [0.25, 0.3) is 5.91 Å². The van der Waals surface area contributed by atoms with Gasteiger partial charge >= 0.3 is 5.97 Å². The molecule has 0 saturated carbocycles. The number of nitrogens with one attached hydrogen (secondary N) is 1. The van der Waals surface area contributed by atoms with E-state index in [1.165, 1.54) is 24.3 Å². The van der Waals surface area contributed by atoms with Crippen LogP contribution in [0, 0.1) is 5.82 Å². The van der Waals surface area contributed by atoms with Gasteiger partial charge < -0.3 is 19.9 Å². The van der Waals surface area contributed by atoms with E-state index in [0.717, 1.165) is 0 Å². The molecule has 0 spiro atoms. The van der Waals surface area contributed by atoms with Crippen molar-refractivity contribution in [2.75, 3.05) is 11.9 Å². The van der Waals surface area contributed by atoms with Crippen LogP contribution in [0.25, 0.3) is 11.3 Å². The first-order chi connectivity index (χ1) is 18.3. The molecule has 0 bridgehead atoms. The summed E-state index contributed by atoms with van der Waals surface area (Å²) in [5.74, 6) is -1.30. The molecule has 0 fully saturated rings. The Morgan fingerprint density at radius 1 is 1.03 bits per heavy atom. The third-order valence-corrected chi connectivity index (χ3v) is 6.39. The number of fused-ring (bicyclic) bond motifs is 1. The summed E-state index contributed by atoms with van der Waals surface area (Å²) in [5.41, 5.74) is 1.37. The van der Waals surface area contributed by atoms with E-state index in [4.69, 9.17) is 32.7 Å². The molecule has 0 radical (unpaired) electrons.